The van der Waals surface area contributed by atoms with Crippen molar-refractivity contribution in [3.8, 4) is 17.6 Å². The van der Waals surface area contributed by atoms with Crippen molar-refractivity contribution in [3.63, 3.8) is 0 Å². The summed E-state index contributed by atoms with van der Waals surface area (Å²) in [5.74, 6) is 0.663. The molecule has 0 saturated carbocycles. The fourth-order valence-electron chi connectivity index (χ4n) is 3.32. The lowest BCUT2D eigenvalue weighted by molar-refractivity contribution is -0.112. The minimum absolute atomic E-state index is 0.00850. The number of ether oxygens (including phenoxy) is 2. The van der Waals surface area contributed by atoms with E-state index in [2.05, 4.69) is 27.9 Å². The zero-order chi connectivity index (χ0) is 24.7. The highest BCUT2D eigenvalue weighted by Gasteiger charge is 2.15. The summed E-state index contributed by atoms with van der Waals surface area (Å²) in [5, 5.41) is 13.1. The Morgan fingerprint density at radius 1 is 1.15 bits per heavy atom. The summed E-state index contributed by atoms with van der Waals surface area (Å²) in [6.45, 7) is 6.55. The van der Waals surface area contributed by atoms with Crippen molar-refractivity contribution in [1.82, 2.24) is 0 Å². The Kier molecular flexibility index (Phi) is 8.97. The van der Waals surface area contributed by atoms with Crippen LogP contribution in [0.1, 0.15) is 29.2 Å². The van der Waals surface area contributed by atoms with Gasteiger partial charge in [-0.2, -0.15) is 5.26 Å². The lowest BCUT2D eigenvalue weighted by Crippen LogP contribution is -2.14. The molecule has 0 aliphatic rings. The molecule has 174 valence electrons. The fourth-order valence-corrected chi connectivity index (χ4v) is 4.31. The molecule has 0 unspecified atom stereocenters. The van der Waals surface area contributed by atoms with Gasteiger partial charge in [-0.3, -0.25) is 4.79 Å². The quantitative estimate of drug-likeness (QED) is 0.174. The minimum atomic E-state index is -0.469. The summed E-state index contributed by atoms with van der Waals surface area (Å²) in [4.78, 5) is 12.8. The highest BCUT2D eigenvalue weighted by atomic mass is 127. The minimum Gasteiger partial charge on any atom is -0.490 e. The maximum absolute atomic E-state index is 12.8. The summed E-state index contributed by atoms with van der Waals surface area (Å²) < 4.78 is 12.6. The Bertz CT molecular complexity index is 1280. The van der Waals surface area contributed by atoms with Gasteiger partial charge in [0.15, 0.2) is 11.5 Å². The van der Waals surface area contributed by atoms with Gasteiger partial charge in [0.05, 0.1) is 10.2 Å². The largest absolute Gasteiger partial charge is 0.490 e. The molecule has 1 amide bonds. The number of nitrogens with one attached hydrogen (secondary N) is 1. The number of hydrogen-bond donors (Lipinski definition) is 1. The van der Waals surface area contributed by atoms with Crippen molar-refractivity contribution in [3.05, 3.63) is 91.0 Å². The number of nitrogens with zero attached hydrogens (tertiary/aromatic N) is 1. The Morgan fingerprint density at radius 3 is 2.62 bits per heavy atom. The summed E-state index contributed by atoms with van der Waals surface area (Å²) in [7, 11) is 0. The third-order valence-electron chi connectivity index (χ3n) is 4.91. The van der Waals surface area contributed by atoms with Gasteiger partial charge in [0.2, 0.25) is 0 Å². The molecular weight excluding hydrogens is 563 g/mol. The second-order valence-electron chi connectivity index (χ2n) is 7.62. The van der Waals surface area contributed by atoms with E-state index in [-0.39, 0.29) is 5.57 Å². The number of nitriles is 1. The Morgan fingerprint density at radius 2 is 1.94 bits per heavy atom. The molecule has 0 bridgehead atoms. The van der Waals surface area contributed by atoms with E-state index in [9.17, 15) is 10.1 Å². The number of amides is 1. The van der Waals surface area contributed by atoms with Gasteiger partial charge in [0.25, 0.3) is 5.91 Å². The molecule has 3 aromatic carbocycles. The first kappa shape index (κ1) is 25.6. The van der Waals surface area contributed by atoms with Crippen LogP contribution in [0, 0.1) is 28.7 Å². The molecule has 34 heavy (non-hydrogen) atoms. The van der Waals surface area contributed by atoms with Gasteiger partial charge >= 0.3 is 0 Å². The van der Waals surface area contributed by atoms with Crippen LogP contribution in [0.3, 0.4) is 0 Å². The predicted molar refractivity (Wildman–Crippen MR) is 144 cm³/mol. The van der Waals surface area contributed by atoms with E-state index in [0.717, 1.165) is 20.3 Å². The van der Waals surface area contributed by atoms with Crippen LogP contribution in [-0.2, 0) is 11.4 Å². The Balaban J connectivity index is 1.86. The molecule has 0 atom stereocenters. The van der Waals surface area contributed by atoms with Crippen molar-refractivity contribution < 1.29 is 14.3 Å². The Hall–Kier alpha value is -3.02. The first-order chi connectivity index (χ1) is 16.3. The first-order valence-corrected chi connectivity index (χ1v) is 12.1. The highest BCUT2D eigenvalue weighted by Crippen LogP contribution is 2.35. The van der Waals surface area contributed by atoms with E-state index in [1.807, 2.05) is 75.4 Å². The van der Waals surface area contributed by atoms with Crippen molar-refractivity contribution in [2.45, 2.75) is 27.4 Å². The van der Waals surface area contributed by atoms with E-state index in [1.165, 1.54) is 0 Å². The lowest BCUT2D eigenvalue weighted by Gasteiger charge is -2.15. The second kappa shape index (κ2) is 11.9. The zero-order valence-electron chi connectivity index (χ0n) is 19.1. The Labute approximate surface area is 218 Å². The van der Waals surface area contributed by atoms with Crippen LogP contribution in [0.4, 0.5) is 5.69 Å². The van der Waals surface area contributed by atoms with E-state index in [1.54, 1.807) is 12.1 Å². The summed E-state index contributed by atoms with van der Waals surface area (Å²) in [5.41, 5.74) is 4.29. The van der Waals surface area contributed by atoms with Crippen LogP contribution in [-0.4, -0.2) is 12.5 Å². The molecule has 3 rings (SSSR count). The van der Waals surface area contributed by atoms with Gasteiger partial charge in [-0.1, -0.05) is 41.4 Å². The average Bonchev–Trinajstić information content (AvgIpc) is 2.79. The number of benzene rings is 3. The van der Waals surface area contributed by atoms with Gasteiger partial charge in [0.1, 0.15) is 18.2 Å². The average molecular weight is 587 g/mol. The molecule has 3 aromatic rings. The lowest BCUT2D eigenvalue weighted by atomic mass is 10.1. The van der Waals surface area contributed by atoms with Gasteiger partial charge in [-0.15, -0.1) is 0 Å². The molecule has 0 spiro atoms. The molecular formula is C27H24ClIN2O3. The van der Waals surface area contributed by atoms with Crippen LogP contribution in [0.25, 0.3) is 6.08 Å². The number of anilines is 1. The molecule has 1 N–H and O–H groups in total. The van der Waals surface area contributed by atoms with Gasteiger partial charge in [-0.25, -0.2) is 0 Å². The smallest absolute Gasteiger partial charge is 0.266 e. The molecule has 0 aliphatic heterocycles. The molecule has 7 heteroatoms. The first-order valence-electron chi connectivity index (χ1n) is 10.6. The van der Waals surface area contributed by atoms with Crippen LogP contribution < -0.4 is 14.8 Å². The van der Waals surface area contributed by atoms with Crippen LogP contribution in [0.15, 0.2) is 60.2 Å². The van der Waals surface area contributed by atoms with Crippen molar-refractivity contribution >= 4 is 51.9 Å². The van der Waals surface area contributed by atoms with E-state index in [4.69, 9.17) is 21.1 Å². The topological polar surface area (TPSA) is 71.3 Å². The molecule has 0 saturated heterocycles. The normalized spacial score (nSPS) is 11.0. The second-order valence-corrected chi connectivity index (χ2v) is 9.22. The van der Waals surface area contributed by atoms with Crippen molar-refractivity contribution in [2.24, 2.45) is 0 Å². The van der Waals surface area contributed by atoms with Gasteiger partial charge in [-0.05, 0) is 96.5 Å². The van der Waals surface area contributed by atoms with Crippen LogP contribution >= 0.6 is 34.2 Å². The highest BCUT2D eigenvalue weighted by molar-refractivity contribution is 14.1. The van der Waals surface area contributed by atoms with Crippen molar-refractivity contribution in [2.75, 3.05) is 11.9 Å². The summed E-state index contributed by atoms with van der Waals surface area (Å²) >= 11 is 8.23. The summed E-state index contributed by atoms with van der Waals surface area (Å²) in [6, 6.07) is 18.8. The van der Waals surface area contributed by atoms with Gasteiger partial charge in [0, 0.05) is 10.7 Å². The number of aryl methyl sites for hydroxylation is 2. The maximum Gasteiger partial charge on any atom is 0.266 e. The standard InChI is InChI=1S/C27H24ClIN2O3/c1-4-33-25-14-20(13-23(29)26(25)34-16-19-6-5-7-22(28)12-19)11-21(15-30)27(32)31-24-9-8-17(2)10-18(24)3/h5-14H,4,16H2,1-3H3,(H,31,32)/b21-11+. The van der Waals surface area contributed by atoms with E-state index >= 15 is 0 Å². The van der Waals surface area contributed by atoms with E-state index < -0.39 is 5.91 Å². The molecule has 0 radical (unpaired) electrons. The van der Waals surface area contributed by atoms with Crippen LogP contribution in [0.5, 0.6) is 11.5 Å². The maximum atomic E-state index is 12.8. The predicted octanol–water partition coefficient (Wildman–Crippen LogP) is 7.08. The van der Waals surface area contributed by atoms with Gasteiger partial charge < -0.3 is 14.8 Å². The number of rotatable bonds is 8. The van der Waals surface area contributed by atoms with Crippen molar-refractivity contribution in [1.29, 1.82) is 5.26 Å². The SMILES string of the molecule is CCOc1cc(/C=C(\C#N)C(=O)Nc2ccc(C)cc2C)cc(I)c1OCc1cccc(Cl)c1. The molecule has 0 fully saturated rings. The van der Waals surface area contributed by atoms with Crippen LogP contribution in [0.2, 0.25) is 5.02 Å². The molecule has 0 aromatic heterocycles. The molecule has 5 nitrogen and oxygen atoms in total. The third-order valence-corrected chi connectivity index (χ3v) is 5.95. The zero-order valence-corrected chi connectivity index (χ0v) is 22.0. The number of carbonyl (C=O) groups is 1. The number of hydrogen-bond acceptors (Lipinski definition) is 4. The van der Waals surface area contributed by atoms with E-state index in [0.29, 0.717) is 41.0 Å². The fraction of sp³-hybridized carbons (Fsp3) is 0.185. The monoisotopic (exact) mass is 586 g/mol. The summed E-state index contributed by atoms with van der Waals surface area (Å²) in [6.07, 6.45) is 1.55. The third kappa shape index (κ3) is 6.75. The molecule has 0 heterocycles. The number of halogens is 2. The number of carbonyl (C=O) groups excluding carboxylic acids is 1. The molecule has 0 aliphatic carbocycles.